The molecule has 0 aliphatic rings. The first-order valence-corrected chi connectivity index (χ1v) is 10.7. The first kappa shape index (κ1) is 20.5. The van der Waals surface area contributed by atoms with Gasteiger partial charge in [0.15, 0.2) is 5.58 Å². The molecule has 5 aromatic rings. The molecule has 1 amide bonds. The summed E-state index contributed by atoms with van der Waals surface area (Å²) in [6.07, 6.45) is 0. The molecule has 0 unspecified atom stereocenters. The highest BCUT2D eigenvalue weighted by molar-refractivity contribution is 6.04. The third kappa shape index (κ3) is 4.08. The Bertz CT molecular complexity index is 1430. The highest BCUT2D eigenvalue weighted by Gasteiger charge is 2.15. The van der Waals surface area contributed by atoms with Crippen molar-refractivity contribution >= 4 is 22.7 Å². The summed E-state index contributed by atoms with van der Waals surface area (Å²) in [6.45, 7) is 4.03. The van der Waals surface area contributed by atoms with Gasteiger partial charge in [-0.15, -0.1) is 0 Å². The Morgan fingerprint density at radius 1 is 0.848 bits per heavy atom. The number of aryl methyl sites for hydroxylation is 2. The molecule has 33 heavy (non-hydrogen) atoms. The van der Waals surface area contributed by atoms with Crippen molar-refractivity contribution in [2.24, 2.45) is 0 Å². The second kappa shape index (κ2) is 8.28. The number of hydrogen-bond acceptors (Lipinski definition) is 4. The number of phenolic OH excluding ortho intramolecular Hbond substituents is 1. The fourth-order valence-corrected chi connectivity index (χ4v) is 3.73. The number of fused-ring (bicyclic) bond motifs is 1. The Labute approximate surface area is 191 Å². The summed E-state index contributed by atoms with van der Waals surface area (Å²) in [5.41, 5.74) is 7.22. The number of anilines is 1. The van der Waals surface area contributed by atoms with Gasteiger partial charge in [0.25, 0.3) is 5.91 Å². The van der Waals surface area contributed by atoms with Crippen molar-refractivity contribution in [3.63, 3.8) is 0 Å². The number of nitrogens with one attached hydrogen (secondary N) is 1. The molecule has 5 rings (SSSR count). The van der Waals surface area contributed by atoms with Gasteiger partial charge in [-0.2, -0.15) is 0 Å². The van der Waals surface area contributed by atoms with Crippen molar-refractivity contribution in [2.75, 3.05) is 5.32 Å². The number of oxazole rings is 1. The van der Waals surface area contributed by atoms with Crippen LogP contribution in [0.3, 0.4) is 0 Å². The van der Waals surface area contributed by atoms with Gasteiger partial charge in [0.2, 0.25) is 5.89 Å². The molecule has 4 aromatic carbocycles. The number of nitrogens with zero attached hydrogens (tertiary/aromatic N) is 1. The molecule has 0 saturated heterocycles. The highest BCUT2D eigenvalue weighted by atomic mass is 16.3. The molecule has 0 aliphatic heterocycles. The molecular weight excluding hydrogens is 412 g/mol. The van der Waals surface area contributed by atoms with Crippen LogP contribution in [0.4, 0.5) is 5.69 Å². The first-order valence-electron chi connectivity index (χ1n) is 10.7. The maximum atomic E-state index is 12.8. The molecule has 2 N–H and O–H groups in total. The van der Waals surface area contributed by atoms with Crippen molar-refractivity contribution in [3.8, 4) is 28.3 Å². The van der Waals surface area contributed by atoms with E-state index in [9.17, 15) is 9.90 Å². The number of hydrogen-bond donors (Lipinski definition) is 2. The van der Waals surface area contributed by atoms with E-state index in [-0.39, 0.29) is 11.7 Å². The van der Waals surface area contributed by atoms with E-state index in [1.54, 1.807) is 24.3 Å². The Kier molecular flexibility index (Phi) is 5.15. The summed E-state index contributed by atoms with van der Waals surface area (Å²) in [6, 6.07) is 26.2. The van der Waals surface area contributed by atoms with Gasteiger partial charge in [-0.3, -0.25) is 4.79 Å². The molecule has 0 aliphatic carbocycles. The Hall–Kier alpha value is -4.38. The molecule has 0 spiro atoms. The second-order valence-electron chi connectivity index (χ2n) is 8.05. The lowest BCUT2D eigenvalue weighted by atomic mass is 10.0. The number of benzene rings is 4. The van der Waals surface area contributed by atoms with Crippen LogP contribution in [0, 0.1) is 13.8 Å². The number of aromatic hydroxyl groups is 1. The maximum absolute atomic E-state index is 12.8. The van der Waals surface area contributed by atoms with Gasteiger partial charge in [-0.05, 0) is 78.6 Å². The molecule has 1 heterocycles. The summed E-state index contributed by atoms with van der Waals surface area (Å²) in [4.78, 5) is 17.3. The Balaban J connectivity index is 1.40. The van der Waals surface area contributed by atoms with E-state index in [1.165, 1.54) is 6.07 Å². The van der Waals surface area contributed by atoms with Crippen molar-refractivity contribution in [2.45, 2.75) is 13.8 Å². The van der Waals surface area contributed by atoms with Crippen LogP contribution in [0.2, 0.25) is 0 Å². The standard InChI is InChI=1S/C28H22N2O3/c1-17-14-24-26(15-18(17)2)33-28(30-24)23-16-22(12-13-25(23)31)29-27(32)21-10-8-20(9-11-21)19-6-4-3-5-7-19/h3-16,31H,1-2H3,(H,29,32). The zero-order valence-electron chi connectivity index (χ0n) is 18.3. The lowest BCUT2D eigenvalue weighted by Crippen LogP contribution is -2.11. The molecule has 0 radical (unpaired) electrons. The van der Waals surface area contributed by atoms with E-state index in [1.807, 2.05) is 68.4 Å². The van der Waals surface area contributed by atoms with E-state index >= 15 is 0 Å². The van der Waals surface area contributed by atoms with Crippen molar-refractivity contribution in [3.05, 3.63) is 102 Å². The molecule has 0 saturated carbocycles. The molecule has 5 nitrogen and oxygen atoms in total. The summed E-state index contributed by atoms with van der Waals surface area (Å²) in [5.74, 6) is 0.0890. The van der Waals surface area contributed by atoms with Crippen LogP contribution in [-0.2, 0) is 0 Å². The van der Waals surface area contributed by atoms with E-state index < -0.39 is 0 Å². The summed E-state index contributed by atoms with van der Waals surface area (Å²) < 4.78 is 5.89. The topological polar surface area (TPSA) is 75.4 Å². The maximum Gasteiger partial charge on any atom is 0.255 e. The average Bonchev–Trinajstić information content (AvgIpc) is 3.23. The number of carbonyl (C=O) groups excluding carboxylic acids is 1. The van der Waals surface area contributed by atoms with E-state index in [0.29, 0.717) is 28.3 Å². The number of rotatable bonds is 4. The minimum absolute atomic E-state index is 0.0280. The number of phenols is 1. The van der Waals surface area contributed by atoms with Gasteiger partial charge < -0.3 is 14.8 Å². The van der Waals surface area contributed by atoms with E-state index in [4.69, 9.17) is 4.42 Å². The number of aromatic nitrogens is 1. The van der Waals surface area contributed by atoms with Crippen LogP contribution in [0.15, 0.2) is 89.3 Å². The molecule has 5 heteroatoms. The van der Waals surface area contributed by atoms with Gasteiger partial charge in [0.1, 0.15) is 11.3 Å². The number of amides is 1. The van der Waals surface area contributed by atoms with Crippen LogP contribution in [-0.4, -0.2) is 16.0 Å². The van der Waals surface area contributed by atoms with Crippen LogP contribution >= 0.6 is 0 Å². The van der Waals surface area contributed by atoms with Gasteiger partial charge in [0.05, 0.1) is 5.56 Å². The third-order valence-electron chi connectivity index (χ3n) is 5.74. The normalized spacial score (nSPS) is 11.0. The molecule has 162 valence electrons. The SMILES string of the molecule is Cc1cc2nc(-c3cc(NC(=O)c4ccc(-c5ccccc5)cc4)ccc3O)oc2cc1C. The zero-order valence-corrected chi connectivity index (χ0v) is 18.3. The van der Waals surface area contributed by atoms with Gasteiger partial charge in [-0.1, -0.05) is 42.5 Å². The minimum Gasteiger partial charge on any atom is -0.507 e. The zero-order chi connectivity index (χ0) is 22.9. The van der Waals surface area contributed by atoms with Crippen LogP contribution in [0.5, 0.6) is 5.75 Å². The fraction of sp³-hybridized carbons (Fsp3) is 0.0714. The van der Waals surface area contributed by atoms with Gasteiger partial charge in [-0.25, -0.2) is 4.98 Å². The largest absolute Gasteiger partial charge is 0.507 e. The summed E-state index contributed by atoms with van der Waals surface area (Å²) in [5, 5.41) is 13.3. The third-order valence-corrected chi connectivity index (χ3v) is 5.74. The minimum atomic E-state index is -0.241. The van der Waals surface area contributed by atoms with Crippen LogP contribution in [0.25, 0.3) is 33.7 Å². The Morgan fingerprint density at radius 2 is 1.55 bits per heavy atom. The molecule has 0 bridgehead atoms. The van der Waals surface area contributed by atoms with Gasteiger partial charge >= 0.3 is 0 Å². The molecule has 0 atom stereocenters. The van der Waals surface area contributed by atoms with Crippen molar-refractivity contribution in [1.29, 1.82) is 0 Å². The lowest BCUT2D eigenvalue weighted by Gasteiger charge is -2.08. The first-order chi connectivity index (χ1) is 16.0. The molecular formula is C28H22N2O3. The second-order valence-corrected chi connectivity index (χ2v) is 8.05. The average molecular weight is 434 g/mol. The number of carbonyl (C=O) groups is 1. The molecule has 0 fully saturated rings. The van der Waals surface area contributed by atoms with Gasteiger partial charge in [0, 0.05) is 11.3 Å². The van der Waals surface area contributed by atoms with E-state index in [2.05, 4.69) is 10.3 Å². The van der Waals surface area contributed by atoms with Crippen molar-refractivity contribution < 1.29 is 14.3 Å². The van der Waals surface area contributed by atoms with Crippen molar-refractivity contribution in [1.82, 2.24) is 4.98 Å². The Morgan fingerprint density at radius 3 is 2.30 bits per heavy atom. The predicted molar refractivity (Wildman–Crippen MR) is 130 cm³/mol. The van der Waals surface area contributed by atoms with E-state index in [0.717, 1.165) is 27.8 Å². The molecule has 1 aromatic heterocycles. The summed E-state index contributed by atoms with van der Waals surface area (Å²) >= 11 is 0. The predicted octanol–water partition coefficient (Wildman–Crippen LogP) is 6.74. The van der Waals surface area contributed by atoms with Crippen LogP contribution in [0.1, 0.15) is 21.5 Å². The highest BCUT2D eigenvalue weighted by Crippen LogP contribution is 2.34. The van der Waals surface area contributed by atoms with Crippen LogP contribution < -0.4 is 5.32 Å². The lowest BCUT2D eigenvalue weighted by molar-refractivity contribution is 0.102. The monoisotopic (exact) mass is 434 g/mol. The fourth-order valence-electron chi connectivity index (χ4n) is 3.73. The smallest absolute Gasteiger partial charge is 0.255 e. The quantitative estimate of drug-likeness (QED) is 0.307. The summed E-state index contributed by atoms with van der Waals surface area (Å²) in [7, 11) is 0.